The Hall–Kier alpha value is -2.02. The van der Waals surface area contributed by atoms with Gasteiger partial charge >= 0.3 is 0 Å². The molecule has 0 aromatic carbocycles. The van der Waals surface area contributed by atoms with Gasteiger partial charge in [-0.05, 0) is 0 Å². The Bertz CT molecular complexity index is 517. The fourth-order valence-electron chi connectivity index (χ4n) is 1.33. The van der Waals surface area contributed by atoms with Crippen LogP contribution in [-0.4, -0.2) is 39.6 Å². The molecule has 3 N–H and O–H groups in total. The van der Waals surface area contributed by atoms with Crippen molar-refractivity contribution >= 4 is 23.5 Å². The number of nitrogens with one attached hydrogen (secondary N) is 1. The Morgan fingerprint density at radius 1 is 1.47 bits per heavy atom. The number of nitrogens with zero attached hydrogens (tertiary/aromatic N) is 2. The molecule has 0 aliphatic carbocycles. The van der Waals surface area contributed by atoms with Crippen LogP contribution in [0.1, 0.15) is 0 Å². The molecular formula is C12H16N4O2S. The van der Waals surface area contributed by atoms with E-state index in [2.05, 4.69) is 23.1 Å². The predicted octanol–water partition coefficient (Wildman–Crippen LogP) is 0.645. The molecule has 0 saturated heterocycles. The molecule has 1 aromatic rings. The molecule has 0 unspecified atom stereocenters. The Balaban J connectivity index is 2.63. The Kier molecular flexibility index (Phi) is 5.87. The molecule has 102 valence electrons. The zero-order chi connectivity index (χ0) is 14.3. The Labute approximate surface area is 115 Å². The lowest BCUT2D eigenvalue weighted by Gasteiger charge is -2.18. The molecule has 19 heavy (non-hydrogen) atoms. The molecule has 0 aliphatic heterocycles. The van der Waals surface area contributed by atoms with Gasteiger partial charge in [0.15, 0.2) is 5.16 Å². The first-order chi connectivity index (χ1) is 9.06. The number of hydrogen-bond donors (Lipinski definition) is 2. The Morgan fingerprint density at radius 2 is 2.11 bits per heavy atom. The number of rotatable bonds is 7. The molecule has 0 spiro atoms. The maximum Gasteiger partial charge on any atom is 0.253 e. The van der Waals surface area contributed by atoms with Gasteiger partial charge in [0.1, 0.15) is 5.82 Å². The first kappa shape index (κ1) is 15.0. The van der Waals surface area contributed by atoms with Crippen molar-refractivity contribution in [1.29, 1.82) is 0 Å². The van der Waals surface area contributed by atoms with E-state index in [4.69, 9.17) is 5.73 Å². The number of carbonyl (C=O) groups is 1. The first-order valence-electron chi connectivity index (χ1n) is 5.56. The highest BCUT2D eigenvalue weighted by Crippen LogP contribution is 2.12. The summed E-state index contributed by atoms with van der Waals surface area (Å²) in [6, 6.07) is 1.19. The van der Waals surface area contributed by atoms with Crippen molar-refractivity contribution in [3.8, 4) is 0 Å². The monoisotopic (exact) mass is 280 g/mol. The second-order valence-corrected chi connectivity index (χ2v) is 4.60. The fraction of sp³-hybridized carbons (Fsp3) is 0.250. The van der Waals surface area contributed by atoms with Crippen LogP contribution in [0, 0.1) is 0 Å². The summed E-state index contributed by atoms with van der Waals surface area (Å²) in [6.45, 7) is 8.09. The highest BCUT2D eigenvalue weighted by molar-refractivity contribution is 7.99. The van der Waals surface area contributed by atoms with Crippen molar-refractivity contribution in [3.05, 3.63) is 41.7 Å². The third-order valence-electron chi connectivity index (χ3n) is 2.12. The number of hydrogen-bond acceptors (Lipinski definition) is 5. The van der Waals surface area contributed by atoms with Crippen LogP contribution in [0.5, 0.6) is 0 Å². The Morgan fingerprint density at radius 3 is 2.63 bits per heavy atom. The third kappa shape index (κ3) is 5.01. The van der Waals surface area contributed by atoms with Crippen LogP contribution in [0.2, 0.25) is 0 Å². The van der Waals surface area contributed by atoms with E-state index in [1.54, 1.807) is 17.1 Å². The van der Waals surface area contributed by atoms with Crippen LogP contribution in [0.3, 0.4) is 0 Å². The SMILES string of the molecule is C=CCN(CC=C)C(=O)CSc1nc(N)cc(=O)[nH]1. The molecule has 0 radical (unpaired) electrons. The number of anilines is 1. The number of amides is 1. The van der Waals surface area contributed by atoms with Crippen molar-refractivity contribution in [2.75, 3.05) is 24.6 Å². The molecule has 0 fully saturated rings. The van der Waals surface area contributed by atoms with Gasteiger partial charge in [-0.15, -0.1) is 13.2 Å². The second-order valence-electron chi connectivity index (χ2n) is 3.64. The van der Waals surface area contributed by atoms with Crippen molar-refractivity contribution in [2.24, 2.45) is 0 Å². The van der Waals surface area contributed by atoms with E-state index in [1.807, 2.05) is 0 Å². The van der Waals surface area contributed by atoms with Crippen LogP contribution in [0.4, 0.5) is 5.82 Å². The molecule has 1 rings (SSSR count). The van der Waals surface area contributed by atoms with Crippen molar-refractivity contribution < 1.29 is 4.79 Å². The van der Waals surface area contributed by atoms with Gasteiger partial charge in [-0.3, -0.25) is 9.59 Å². The van der Waals surface area contributed by atoms with Crippen molar-refractivity contribution in [2.45, 2.75) is 5.16 Å². The van der Waals surface area contributed by atoms with E-state index < -0.39 is 0 Å². The molecule has 0 atom stereocenters. The summed E-state index contributed by atoms with van der Waals surface area (Å²) in [5.74, 6) is 0.205. The smallest absolute Gasteiger partial charge is 0.253 e. The van der Waals surface area contributed by atoms with E-state index >= 15 is 0 Å². The summed E-state index contributed by atoms with van der Waals surface area (Å²) >= 11 is 1.13. The van der Waals surface area contributed by atoms with E-state index in [-0.39, 0.29) is 23.0 Å². The predicted molar refractivity (Wildman–Crippen MR) is 77.0 cm³/mol. The van der Waals surface area contributed by atoms with E-state index in [0.717, 1.165) is 11.8 Å². The zero-order valence-electron chi connectivity index (χ0n) is 10.5. The number of aromatic amines is 1. The molecule has 1 aromatic heterocycles. The summed E-state index contributed by atoms with van der Waals surface area (Å²) in [5.41, 5.74) is 5.12. The minimum atomic E-state index is -0.337. The molecule has 7 heteroatoms. The lowest BCUT2D eigenvalue weighted by Crippen LogP contribution is -2.32. The molecule has 1 amide bonds. The van der Waals surface area contributed by atoms with Crippen LogP contribution in [0.15, 0.2) is 41.3 Å². The van der Waals surface area contributed by atoms with Gasteiger partial charge in [0.05, 0.1) is 5.75 Å². The summed E-state index contributed by atoms with van der Waals surface area (Å²) in [6.07, 6.45) is 3.29. The number of aromatic nitrogens is 2. The van der Waals surface area contributed by atoms with Crippen molar-refractivity contribution in [1.82, 2.24) is 14.9 Å². The van der Waals surface area contributed by atoms with Gasteiger partial charge < -0.3 is 15.6 Å². The maximum atomic E-state index is 11.9. The number of carbonyl (C=O) groups excluding carboxylic acids is 1. The molecule has 0 bridgehead atoms. The summed E-state index contributed by atoms with van der Waals surface area (Å²) < 4.78 is 0. The largest absolute Gasteiger partial charge is 0.383 e. The van der Waals surface area contributed by atoms with Gasteiger partial charge in [0.2, 0.25) is 5.91 Å². The normalized spacial score (nSPS) is 9.89. The number of nitrogen functional groups attached to an aromatic ring is 1. The lowest BCUT2D eigenvalue weighted by molar-refractivity contribution is -0.127. The van der Waals surface area contributed by atoms with Crippen LogP contribution >= 0.6 is 11.8 Å². The molecule has 6 nitrogen and oxygen atoms in total. The number of thioether (sulfide) groups is 1. The van der Waals surface area contributed by atoms with Crippen molar-refractivity contribution in [3.63, 3.8) is 0 Å². The highest BCUT2D eigenvalue weighted by atomic mass is 32.2. The number of H-pyrrole nitrogens is 1. The first-order valence-corrected chi connectivity index (χ1v) is 6.54. The second kappa shape index (κ2) is 7.42. The van der Waals surface area contributed by atoms with Crippen LogP contribution < -0.4 is 11.3 Å². The third-order valence-corrected chi connectivity index (χ3v) is 2.98. The quantitative estimate of drug-likeness (QED) is 0.434. The summed E-state index contributed by atoms with van der Waals surface area (Å²) in [5, 5.41) is 0.329. The highest BCUT2D eigenvalue weighted by Gasteiger charge is 2.12. The molecule has 1 heterocycles. The topological polar surface area (TPSA) is 92.1 Å². The van der Waals surface area contributed by atoms with E-state index in [9.17, 15) is 9.59 Å². The molecular weight excluding hydrogens is 264 g/mol. The van der Waals surface area contributed by atoms with Gasteiger partial charge in [0.25, 0.3) is 5.56 Å². The fourth-order valence-corrected chi connectivity index (χ4v) is 2.12. The summed E-state index contributed by atoms with van der Waals surface area (Å²) in [4.78, 5) is 31.1. The average Bonchev–Trinajstić information content (AvgIpc) is 2.34. The van der Waals surface area contributed by atoms with E-state index in [0.29, 0.717) is 18.2 Å². The standard InChI is InChI=1S/C12H16N4O2S/c1-3-5-16(6-4-2)11(18)8-19-12-14-9(13)7-10(17)15-12/h3-4,7H,1-2,5-6,8H2,(H3,13,14,15,17). The van der Waals surface area contributed by atoms with Gasteiger partial charge in [-0.2, -0.15) is 0 Å². The van der Waals surface area contributed by atoms with Gasteiger partial charge in [0, 0.05) is 19.2 Å². The molecule has 0 aliphatic rings. The minimum absolute atomic E-state index is 0.0881. The molecule has 0 saturated carbocycles. The van der Waals surface area contributed by atoms with Gasteiger partial charge in [-0.25, -0.2) is 4.98 Å². The zero-order valence-corrected chi connectivity index (χ0v) is 11.3. The number of nitrogens with two attached hydrogens (primary N) is 1. The van der Waals surface area contributed by atoms with E-state index in [1.165, 1.54) is 6.07 Å². The maximum absolute atomic E-state index is 11.9. The van der Waals surface area contributed by atoms with Crippen LogP contribution in [0.25, 0.3) is 0 Å². The van der Waals surface area contributed by atoms with Crippen LogP contribution in [-0.2, 0) is 4.79 Å². The van der Waals surface area contributed by atoms with Gasteiger partial charge in [-0.1, -0.05) is 23.9 Å². The minimum Gasteiger partial charge on any atom is -0.383 e. The average molecular weight is 280 g/mol. The summed E-state index contributed by atoms with van der Waals surface area (Å²) in [7, 11) is 0. The lowest BCUT2D eigenvalue weighted by atomic mass is 10.4.